The summed E-state index contributed by atoms with van der Waals surface area (Å²) in [6, 6.07) is 2.44. The Kier molecular flexibility index (Phi) is 4.20. The maximum atomic E-state index is 13.2. The van der Waals surface area contributed by atoms with E-state index in [1.807, 2.05) is 0 Å². The molecule has 2 aromatic rings. The zero-order valence-electron chi connectivity index (χ0n) is 11.3. The van der Waals surface area contributed by atoms with E-state index in [0.717, 1.165) is 0 Å². The molecule has 0 spiro atoms. The van der Waals surface area contributed by atoms with Gasteiger partial charge in [-0.25, -0.2) is 22.5 Å². The number of sulfonamides is 1. The molecule has 0 fully saturated rings. The average molecular weight is 297 g/mol. The SMILES string of the molecule is Cc1cc(F)cc(C)c1S(=O)(=O)NCCn1ccnc1. The number of rotatable bonds is 5. The minimum absolute atomic E-state index is 0.143. The summed E-state index contributed by atoms with van der Waals surface area (Å²) < 4.78 is 42.0. The molecule has 1 N–H and O–H groups in total. The first-order valence-corrected chi connectivity index (χ1v) is 7.60. The minimum Gasteiger partial charge on any atom is -0.336 e. The zero-order valence-corrected chi connectivity index (χ0v) is 12.1. The van der Waals surface area contributed by atoms with Gasteiger partial charge in [-0.15, -0.1) is 0 Å². The van der Waals surface area contributed by atoms with Gasteiger partial charge in [0.2, 0.25) is 10.0 Å². The molecule has 0 saturated heterocycles. The maximum Gasteiger partial charge on any atom is 0.241 e. The summed E-state index contributed by atoms with van der Waals surface area (Å²) in [6.45, 7) is 3.90. The predicted molar refractivity (Wildman–Crippen MR) is 73.3 cm³/mol. The Morgan fingerprint density at radius 1 is 1.30 bits per heavy atom. The topological polar surface area (TPSA) is 64.0 Å². The molecule has 0 atom stereocenters. The van der Waals surface area contributed by atoms with Crippen LogP contribution in [-0.2, 0) is 16.6 Å². The van der Waals surface area contributed by atoms with E-state index in [1.54, 1.807) is 37.1 Å². The van der Waals surface area contributed by atoms with Crippen molar-refractivity contribution in [2.45, 2.75) is 25.3 Å². The first kappa shape index (κ1) is 14.7. The van der Waals surface area contributed by atoms with Crippen molar-refractivity contribution in [1.29, 1.82) is 0 Å². The average Bonchev–Trinajstić information content (AvgIpc) is 2.79. The monoisotopic (exact) mass is 297 g/mol. The second kappa shape index (κ2) is 5.72. The lowest BCUT2D eigenvalue weighted by molar-refractivity contribution is 0.570. The van der Waals surface area contributed by atoms with Crippen LogP contribution in [0.25, 0.3) is 0 Å². The fourth-order valence-electron chi connectivity index (χ4n) is 2.12. The van der Waals surface area contributed by atoms with Gasteiger partial charge >= 0.3 is 0 Å². The van der Waals surface area contributed by atoms with E-state index in [-0.39, 0.29) is 11.4 Å². The van der Waals surface area contributed by atoms with Crippen LogP contribution in [0.5, 0.6) is 0 Å². The summed E-state index contributed by atoms with van der Waals surface area (Å²) in [5.41, 5.74) is 0.801. The van der Waals surface area contributed by atoms with E-state index < -0.39 is 15.8 Å². The molecule has 20 heavy (non-hydrogen) atoms. The second-order valence-electron chi connectivity index (χ2n) is 4.57. The third kappa shape index (κ3) is 3.23. The van der Waals surface area contributed by atoms with Crippen LogP contribution in [0.15, 0.2) is 35.7 Å². The molecule has 2 rings (SSSR count). The maximum absolute atomic E-state index is 13.2. The number of imidazole rings is 1. The molecule has 0 saturated carbocycles. The number of nitrogens with zero attached hydrogens (tertiary/aromatic N) is 2. The second-order valence-corrected chi connectivity index (χ2v) is 6.27. The third-order valence-corrected chi connectivity index (χ3v) is 4.68. The quantitative estimate of drug-likeness (QED) is 0.912. The van der Waals surface area contributed by atoms with Crippen LogP contribution in [0, 0.1) is 19.7 Å². The Morgan fingerprint density at radius 2 is 1.95 bits per heavy atom. The molecule has 0 unspecified atom stereocenters. The van der Waals surface area contributed by atoms with Gasteiger partial charge in [0, 0.05) is 25.5 Å². The van der Waals surface area contributed by atoms with Gasteiger partial charge in [0.25, 0.3) is 0 Å². The van der Waals surface area contributed by atoms with Crippen LogP contribution in [-0.4, -0.2) is 24.5 Å². The number of aryl methyl sites for hydroxylation is 2. The number of halogens is 1. The van der Waals surface area contributed by atoms with E-state index in [2.05, 4.69) is 9.71 Å². The van der Waals surface area contributed by atoms with Crippen molar-refractivity contribution < 1.29 is 12.8 Å². The molecule has 1 aromatic carbocycles. The van der Waals surface area contributed by atoms with Crippen molar-refractivity contribution in [2.75, 3.05) is 6.54 Å². The van der Waals surface area contributed by atoms with Gasteiger partial charge in [-0.2, -0.15) is 0 Å². The number of hydrogen-bond donors (Lipinski definition) is 1. The molecular formula is C13H16FN3O2S. The smallest absolute Gasteiger partial charge is 0.241 e. The molecule has 0 aliphatic heterocycles. The fourth-order valence-corrected chi connectivity index (χ4v) is 3.59. The van der Waals surface area contributed by atoms with E-state index in [4.69, 9.17) is 0 Å². The van der Waals surface area contributed by atoms with Crippen molar-refractivity contribution in [1.82, 2.24) is 14.3 Å². The highest BCUT2D eigenvalue weighted by atomic mass is 32.2. The summed E-state index contributed by atoms with van der Waals surface area (Å²) in [4.78, 5) is 4.02. The van der Waals surface area contributed by atoms with Gasteiger partial charge in [-0.05, 0) is 37.1 Å². The van der Waals surface area contributed by atoms with Gasteiger partial charge in [-0.3, -0.25) is 0 Å². The predicted octanol–water partition coefficient (Wildman–Crippen LogP) is 1.62. The Morgan fingerprint density at radius 3 is 2.50 bits per heavy atom. The van der Waals surface area contributed by atoms with Crippen LogP contribution < -0.4 is 4.72 Å². The fraction of sp³-hybridized carbons (Fsp3) is 0.308. The minimum atomic E-state index is -3.64. The van der Waals surface area contributed by atoms with Crippen molar-refractivity contribution >= 4 is 10.0 Å². The molecule has 0 aliphatic carbocycles. The lowest BCUT2D eigenvalue weighted by Gasteiger charge is -2.12. The number of hydrogen-bond acceptors (Lipinski definition) is 3. The van der Waals surface area contributed by atoms with Crippen molar-refractivity contribution in [2.24, 2.45) is 0 Å². The number of aromatic nitrogens is 2. The van der Waals surface area contributed by atoms with E-state index in [1.165, 1.54) is 12.1 Å². The summed E-state index contributed by atoms with van der Waals surface area (Å²) >= 11 is 0. The molecule has 0 bridgehead atoms. The van der Waals surface area contributed by atoms with Crippen LogP contribution in [0.1, 0.15) is 11.1 Å². The zero-order chi connectivity index (χ0) is 14.8. The molecule has 0 aliphatic rings. The van der Waals surface area contributed by atoms with E-state index in [0.29, 0.717) is 17.7 Å². The van der Waals surface area contributed by atoms with Crippen molar-refractivity contribution in [3.05, 3.63) is 47.8 Å². The summed E-state index contributed by atoms with van der Waals surface area (Å²) in [6.07, 6.45) is 4.99. The highest BCUT2D eigenvalue weighted by molar-refractivity contribution is 7.89. The number of nitrogens with one attached hydrogen (secondary N) is 1. The molecule has 7 heteroatoms. The van der Waals surface area contributed by atoms with E-state index in [9.17, 15) is 12.8 Å². The Bertz CT molecular complexity index is 673. The molecule has 5 nitrogen and oxygen atoms in total. The highest BCUT2D eigenvalue weighted by Gasteiger charge is 2.19. The van der Waals surface area contributed by atoms with Crippen LogP contribution in [0.4, 0.5) is 4.39 Å². The summed E-state index contributed by atoms with van der Waals surface area (Å²) in [7, 11) is -3.64. The summed E-state index contributed by atoms with van der Waals surface area (Å²) in [5, 5.41) is 0. The largest absolute Gasteiger partial charge is 0.336 e. The highest BCUT2D eigenvalue weighted by Crippen LogP contribution is 2.20. The van der Waals surface area contributed by atoms with Crippen LogP contribution in [0.2, 0.25) is 0 Å². The first-order valence-electron chi connectivity index (χ1n) is 6.12. The van der Waals surface area contributed by atoms with E-state index >= 15 is 0 Å². The molecule has 0 radical (unpaired) electrons. The Balaban J connectivity index is 2.14. The lowest BCUT2D eigenvalue weighted by atomic mass is 10.1. The van der Waals surface area contributed by atoms with Crippen LogP contribution >= 0.6 is 0 Å². The molecule has 108 valence electrons. The van der Waals surface area contributed by atoms with Gasteiger partial charge < -0.3 is 4.57 Å². The third-order valence-electron chi connectivity index (χ3n) is 2.92. The van der Waals surface area contributed by atoms with Crippen molar-refractivity contribution in [3.8, 4) is 0 Å². The van der Waals surface area contributed by atoms with Gasteiger partial charge in [-0.1, -0.05) is 0 Å². The summed E-state index contributed by atoms with van der Waals surface area (Å²) in [5.74, 6) is -0.433. The standard InChI is InChI=1S/C13H16FN3O2S/c1-10-7-12(14)8-11(2)13(10)20(18,19)16-4-6-17-5-3-15-9-17/h3,5,7-9,16H,4,6H2,1-2H3. The van der Waals surface area contributed by atoms with Crippen molar-refractivity contribution in [3.63, 3.8) is 0 Å². The lowest BCUT2D eigenvalue weighted by Crippen LogP contribution is -2.28. The Labute approximate surface area is 117 Å². The van der Waals surface area contributed by atoms with Crippen LogP contribution in [0.3, 0.4) is 0 Å². The molecular weight excluding hydrogens is 281 g/mol. The van der Waals surface area contributed by atoms with Gasteiger partial charge in [0.15, 0.2) is 0 Å². The normalized spacial score (nSPS) is 11.8. The van der Waals surface area contributed by atoms with Gasteiger partial charge in [0.05, 0.1) is 11.2 Å². The van der Waals surface area contributed by atoms with Gasteiger partial charge in [0.1, 0.15) is 5.82 Å². The first-order chi connectivity index (χ1) is 9.40. The molecule has 1 aromatic heterocycles. The number of benzene rings is 1. The molecule has 1 heterocycles. The Hall–Kier alpha value is -1.73. The molecule has 0 amide bonds.